The Morgan fingerprint density at radius 1 is 0.375 bits per heavy atom. The average molecular weight is 793 g/mol. The van der Waals surface area contributed by atoms with Crippen LogP contribution in [0.15, 0.2) is 0 Å². The molecule has 2 atom stereocenters. The van der Waals surface area contributed by atoms with Gasteiger partial charge >= 0.3 is 17.9 Å². The van der Waals surface area contributed by atoms with E-state index in [1.54, 1.807) is 0 Å². The number of carbonyl (C=O) groups excluding carboxylic acids is 3. The quantitative estimate of drug-likeness (QED) is 0.0347. The molecule has 0 aliphatic heterocycles. The summed E-state index contributed by atoms with van der Waals surface area (Å²) in [5, 5.41) is 0. The Hall–Kier alpha value is -1.59. The zero-order valence-electron chi connectivity index (χ0n) is 38.3. The summed E-state index contributed by atoms with van der Waals surface area (Å²) in [6, 6.07) is 0. The van der Waals surface area contributed by atoms with Gasteiger partial charge in [0.1, 0.15) is 13.2 Å². The van der Waals surface area contributed by atoms with E-state index in [-0.39, 0.29) is 31.1 Å². The molecular weight excluding hydrogens is 697 g/mol. The number of ether oxygens (including phenoxy) is 3. The predicted octanol–water partition coefficient (Wildman–Crippen LogP) is 15.8. The van der Waals surface area contributed by atoms with Gasteiger partial charge in [-0.2, -0.15) is 0 Å². The third-order valence-corrected chi connectivity index (χ3v) is 11.6. The third-order valence-electron chi connectivity index (χ3n) is 11.6. The minimum atomic E-state index is -0.761. The highest BCUT2D eigenvalue weighted by Gasteiger charge is 2.19. The van der Waals surface area contributed by atoms with Gasteiger partial charge in [0.05, 0.1) is 0 Å². The van der Waals surface area contributed by atoms with Gasteiger partial charge in [0.15, 0.2) is 6.10 Å². The van der Waals surface area contributed by atoms with E-state index in [1.807, 2.05) is 0 Å². The minimum Gasteiger partial charge on any atom is -0.462 e. The van der Waals surface area contributed by atoms with Crippen LogP contribution in [-0.2, 0) is 28.6 Å². The molecule has 6 nitrogen and oxygen atoms in total. The van der Waals surface area contributed by atoms with Crippen LogP contribution in [0.1, 0.15) is 272 Å². The molecule has 0 aromatic rings. The monoisotopic (exact) mass is 793 g/mol. The van der Waals surface area contributed by atoms with Gasteiger partial charge in [-0.15, -0.1) is 0 Å². The molecule has 56 heavy (non-hydrogen) atoms. The lowest BCUT2D eigenvalue weighted by Gasteiger charge is -2.18. The first-order valence-electron chi connectivity index (χ1n) is 24.8. The van der Waals surface area contributed by atoms with Crippen LogP contribution in [0.25, 0.3) is 0 Å². The summed E-state index contributed by atoms with van der Waals surface area (Å²) in [5.41, 5.74) is 0. The van der Waals surface area contributed by atoms with E-state index < -0.39 is 6.10 Å². The van der Waals surface area contributed by atoms with Crippen LogP contribution in [-0.4, -0.2) is 37.2 Å². The highest BCUT2D eigenvalue weighted by Crippen LogP contribution is 2.17. The van der Waals surface area contributed by atoms with Crippen molar-refractivity contribution in [3.8, 4) is 0 Å². The maximum atomic E-state index is 12.8. The van der Waals surface area contributed by atoms with Gasteiger partial charge < -0.3 is 14.2 Å². The Morgan fingerprint density at radius 2 is 0.679 bits per heavy atom. The number of unbranched alkanes of at least 4 members (excludes halogenated alkanes) is 28. The molecule has 0 aliphatic rings. The largest absolute Gasteiger partial charge is 0.462 e. The smallest absolute Gasteiger partial charge is 0.306 e. The van der Waals surface area contributed by atoms with Gasteiger partial charge in [-0.1, -0.05) is 234 Å². The standard InChI is InChI=1S/C50H96O6/c1-6-8-9-10-11-12-13-14-15-18-22-25-32-37-42-50(53)56-47(44-55-49(52)41-36-31-27-26-29-34-39-46(5)7-2)43-54-48(51)40-35-30-24-21-19-16-17-20-23-28-33-38-45(3)4/h45-47H,6-44H2,1-5H3/t46?,47-/m1/s1. The summed E-state index contributed by atoms with van der Waals surface area (Å²) in [6.07, 6.45) is 42.3. The third kappa shape index (κ3) is 42.0. The summed E-state index contributed by atoms with van der Waals surface area (Å²) in [4.78, 5) is 37.8. The van der Waals surface area contributed by atoms with Crippen molar-refractivity contribution in [1.82, 2.24) is 0 Å². The molecule has 0 amide bonds. The van der Waals surface area contributed by atoms with Crippen molar-refractivity contribution in [1.29, 1.82) is 0 Å². The van der Waals surface area contributed by atoms with E-state index >= 15 is 0 Å². The summed E-state index contributed by atoms with van der Waals surface area (Å²) in [6.45, 7) is 11.3. The van der Waals surface area contributed by atoms with Crippen LogP contribution in [0, 0.1) is 11.8 Å². The summed E-state index contributed by atoms with van der Waals surface area (Å²) in [5.74, 6) is 0.787. The van der Waals surface area contributed by atoms with Gasteiger partial charge in [-0.25, -0.2) is 0 Å². The topological polar surface area (TPSA) is 78.9 Å². The molecule has 332 valence electrons. The maximum absolute atomic E-state index is 12.8. The van der Waals surface area contributed by atoms with E-state index in [4.69, 9.17) is 14.2 Å². The Bertz CT molecular complexity index is 856. The second-order valence-corrected chi connectivity index (χ2v) is 17.8. The van der Waals surface area contributed by atoms with E-state index in [9.17, 15) is 14.4 Å². The molecule has 1 unspecified atom stereocenters. The van der Waals surface area contributed by atoms with Gasteiger partial charge in [0.2, 0.25) is 0 Å². The van der Waals surface area contributed by atoms with Crippen molar-refractivity contribution >= 4 is 17.9 Å². The molecule has 0 fully saturated rings. The number of esters is 3. The molecule has 0 aromatic carbocycles. The molecule has 0 saturated heterocycles. The number of carbonyl (C=O) groups is 3. The Morgan fingerprint density at radius 3 is 1.02 bits per heavy atom. The van der Waals surface area contributed by atoms with Crippen molar-refractivity contribution in [2.24, 2.45) is 11.8 Å². The molecular formula is C50H96O6. The fourth-order valence-corrected chi connectivity index (χ4v) is 7.43. The summed E-state index contributed by atoms with van der Waals surface area (Å²) in [7, 11) is 0. The molecule has 0 rings (SSSR count). The highest BCUT2D eigenvalue weighted by atomic mass is 16.6. The zero-order chi connectivity index (χ0) is 41.2. The summed E-state index contributed by atoms with van der Waals surface area (Å²) < 4.78 is 16.8. The van der Waals surface area contributed by atoms with E-state index in [2.05, 4.69) is 34.6 Å². The Balaban J connectivity index is 4.32. The molecule has 6 heteroatoms. The maximum Gasteiger partial charge on any atom is 0.306 e. The normalized spacial score (nSPS) is 12.5. The first-order valence-corrected chi connectivity index (χ1v) is 24.8. The zero-order valence-corrected chi connectivity index (χ0v) is 38.3. The van der Waals surface area contributed by atoms with Crippen LogP contribution in [0.4, 0.5) is 0 Å². The molecule has 0 radical (unpaired) electrons. The second kappa shape index (κ2) is 43.0. The van der Waals surface area contributed by atoms with Gasteiger partial charge in [0, 0.05) is 19.3 Å². The minimum absolute atomic E-state index is 0.0648. The van der Waals surface area contributed by atoms with Crippen LogP contribution in [0.5, 0.6) is 0 Å². The molecule has 0 aliphatic carbocycles. The van der Waals surface area contributed by atoms with Crippen LogP contribution in [0.2, 0.25) is 0 Å². The number of hydrogen-bond donors (Lipinski definition) is 0. The molecule has 0 heterocycles. The van der Waals surface area contributed by atoms with Crippen LogP contribution in [0.3, 0.4) is 0 Å². The van der Waals surface area contributed by atoms with Crippen LogP contribution < -0.4 is 0 Å². The second-order valence-electron chi connectivity index (χ2n) is 17.8. The summed E-state index contributed by atoms with van der Waals surface area (Å²) >= 11 is 0. The lowest BCUT2D eigenvalue weighted by Crippen LogP contribution is -2.30. The molecule has 0 saturated carbocycles. The number of rotatable bonds is 44. The number of hydrogen-bond acceptors (Lipinski definition) is 6. The lowest BCUT2D eigenvalue weighted by atomic mass is 10.00. The van der Waals surface area contributed by atoms with E-state index in [0.29, 0.717) is 19.3 Å². The molecule has 0 aromatic heterocycles. The van der Waals surface area contributed by atoms with E-state index in [0.717, 1.165) is 69.6 Å². The van der Waals surface area contributed by atoms with E-state index in [1.165, 1.54) is 161 Å². The fraction of sp³-hybridized carbons (Fsp3) is 0.940. The SMILES string of the molecule is CCCCCCCCCCCCCCCCC(=O)O[C@H](COC(=O)CCCCCCCCCCCCCC(C)C)COC(=O)CCCCCCCCC(C)CC. The predicted molar refractivity (Wildman–Crippen MR) is 238 cm³/mol. The highest BCUT2D eigenvalue weighted by molar-refractivity contribution is 5.71. The van der Waals surface area contributed by atoms with Crippen molar-refractivity contribution < 1.29 is 28.6 Å². The van der Waals surface area contributed by atoms with Crippen molar-refractivity contribution in [2.45, 2.75) is 278 Å². The first kappa shape index (κ1) is 54.4. The van der Waals surface area contributed by atoms with Crippen LogP contribution >= 0.6 is 0 Å². The Kier molecular flexibility index (Phi) is 41.8. The lowest BCUT2D eigenvalue weighted by molar-refractivity contribution is -0.167. The van der Waals surface area contributed by atoms with Crippen molar-refractivity contribution in [3.63, 3.8) is 0 Å². The average Bonchev–Trinajstić information content (AvgIpc) is 3.18. The molecule has 0 N–H and O–H groups in total. The van der Waals surface area contributed by atoms with Crippen molar-refractivity contribution in [3.05, 3.63) is 0 Å². The van der Waals surface area contributed by atoms with Crippen molar-refractivity contribution in [2.75, 3.05) is 13.2 Å². The van der Waals surface area contributed by atoms with Gasteiger partial charge in [-0.05, 0) is 31.1 Å². The molecule has 0 bridgehead atoms. The first-order chi connectivity index (χ1) is 27.3. The van der Waals surface area contributed by atoms with Gasteiger partial charge in [-0.3, -0.25) is 14.4 Å². The molecule has 0 spiro atoms. The van der Waals surface area contributed by atoms with Gasteiger partial charge in [0.25, 0.3) is 0 Å². The fourth-order valence-electron chi connectivity index (χ4n) is 7.43. The Labute approximate surface area is 348 Å².